The van der Waals surface area contributed by atoms with Crippen molar-refractivity contribution in [3.8, 4) is 0 Å². The van der Waals surface area contributed by atoms with Crippen molar-refractivity contribution < 1.29 is 0 Å². The van der Waals surface area contributed by atoms with Crippen molar-refractivity contribution in [2.75, 3.05) is 6.54 Å². The third kappa shape index (κ3) is 2.55. The van der Waals surface area contributed by atoms with Crippen LogP contribution in [0.15, 0.2) is 18.2 Å². The van der Waals surface area contributed by atoms with Gasteiger partial charge in [-0.2, -0.15) is 0 Å². The van der Waals surface area contributed by atoms with Crippen molar-refractivity contribution in [2.45, 2.75) is 52.5 Å². The maximum atomic E-state index is 3.65. The molecule has 3 unspecified atom stereocenters. The number of nitrogens with one attached hydrogen (secondary N) is 1. The first-order valence-electron chi connectivity index (χ1n) is 6.94. The summed E-state index contributed by atoms with van der Waals surface area (Å²) in [6.07, 6.45) is 2.54. The van der Waals surface area contributed by atoms with E-state index in [0.29, 0.717) is 0 Å². The second-order valence-electron chi connectivity index (χ2n) is 5.62. The Hall–Kier alpha value is -0.820. The number of hydrogen-bond donors (Lipinski definition) is 1. The average Bonchev–Trinajstić information content (AvgIpc) is 2.31. The maximum Gasteiger partial charge on any atom is 0.0104 e. The number of benzene rings is 1. The minimum Gasteiger partial charge on any atom is -0.314 e. The summed E-state index contributed by atoms with van der Waals surface area (Å²) in [5, 5.41) is 3.65. The summed E-state index contributed by atoms with van der Waals surface area (Å²) in [5.41, 5.74) is 4.43. The van der Waals surface area contributed by atoms with E-state index in [1.807, 2.05) is 0 Å². The van der Waals surface area contributed by atoms with Crippen LogP contribution in [-0.4, -0.2) is 12.6 Å². The van der Waals surface area contributed by atoms with Crippen LogP contribution in [0, 0.1) is 19.8 Å². The number of aryl methyl sites for hydroxylation is 2. The molecule has 0 aromatic heterocycles. The lowest BCUT2D eigenvalue weighted by Gasteiger charge is -2.44. The predicted octanol–water partition coefficient (Wildman–Crippen LogP) is 3.80. The first-order valence-corrected chi connectivity index (χ1v) is 6.94. The van der Waals surface area contributed by atoms with E-state index < -0.39 is 0 Å². The van der Waals surface area contributed by atoms with Crippen LogP contribution in [0.1, 0.15) is 49.3 Å². The average molecular weight is 231 g/mol. The summed E-state index contributed by atoms with van der Waals surface area (Å²) in [5.74, 6) is 1.55. The molecule has 1 fully saturated rings. The van der Waals surface area contributed by atoms with Crippen molar-refractivity contribution >= 4 is 0 Å². The van der Waals surface area contributed by atoms with E-state index >= 15 is 0 Å². The minimum absolute atomic E-state index is 0.736. The monoisotopic (exact) mass is 231 g/mol. The van der Waals surface area contributed by atoms with Gasteiger partial charge >= 0.3 is 0 Å². The zero-order valence-electron chi connectivity index (χ0n) is 11.6. The van der Waals surface area contributed by atoms with Crippen LogP contribution in [0.25, 0.3) is 0 Å². The Morgan fingerprint density at radius 3 is 2.71 bits per heavy atom. The molecule has 1 aliphatic rings. The normalized spacial score (nSPS) is 27.9. The molecule has 0 bridgehead atoms. The predicted molar refractivity (Wildman–Crippen MR) is 74.5 cm³/mol. The highest BCUT2D eigenvalue weighted by Gasteiger charge is 2.38. The largest absolute Gasteiger partial charge is 0.314 e. The first kappa shape index (κ1) is 12.6. The number of hydrogen-bond acceptors (Lipinski definition) is 1. The fraction of sp³-hybridized carbons (Fsp3) is 0.625. The van der Waals surface area contributed by atoms with Gasteiger partial charge in [0.15, 0.2) is 0 Å². The molecule has 1 nitrogen and oxygen atoms in total. The molecule has 0 heterocycles. The molecule has 2 rings (SSSR count). The van der Waals surface area contributed by atoms with E-state index in [2.05, 4.69) is 51.2 Å². The molecule has 1 aromatic rings. The molecule has 1 aromatic carbocycles. The Bertz CT molecular complexity index is 383. The van der Waals surface area contributed by atoms with Gasteiger partial charge in [0.05, 0.1) is 0 Å². The van der Waals surface area contributed by atoms with Gasteiger partial charge < -0.3 is 5.32 Å². The Labute approximate surface area is 106 Å². The molecule has 1 aliphatic carbocycles. The molecule has 1 saturated carbocycles. The van der Waals surface area contributed by atoms with Gasteiger partial charge in [-0.05, 0) is 56.2 Å². The molecule has 94 valence electrons. The molecule has 0 saturated heterocycles. The van der Waals surface area contributed by atoms with Crippen LogP contribution in [0.5, 0.6) is 0 Å². The van der Waals surface area contributed by atoms with E-state index in [0.717, 1.165) is 24.4 Å². The highest BCUT2D eigenvalue weighted by molar-refractivity contribution is 5.35. The van der Waals surface area contributed by atoms with E-state index in [1.54, 1.807) is 5.56 Å². The summed E-state index contributed by atoms with van der Waals surface area (Å²) >= 11 is 0. The Morgan fingerprint density at radius 2 is 2.06 bits per heavy atom. The van der Waals surface area contributed by atoms with Crippen LogP contribution in [-0.2, 0) is 0 Å². The molecule has 3 atom stereocenters. The summed E-state index contributed by atoms with van der Waals surface area (Å²) in [6.45, 7) is 10.2. The van der Waals surface area contributed by atoms with Gasteiger partial charge in [0.1, 0.15) is 0 Å². The van der Waals surface area contributed by atoms with Gasteiger partial charge in [-0.3, -0.25) is 0 Å². The van der Waals surface area contributed by atoms with Gasteiger partial charge in [-0.25, -0.2) is 0 Å². The SMILES string of the molecule is CCCNC1CC(c2cc(C)ccc2C)C1C. The maximum absolute atomic E-state index is 3.65. The summed E-state index contributed by atoms with van der Waals surface area (Å²) in [4.78, 5) is 0. The molecule has 17 heavy (non-hydrogen) atoms. The topological polar surface area (TPSA) is 12.0 Å². The van der Waals surface area contributed by atoms with Crippen molar-refractivity contribution in [1.82, 2.24) is 5.32 Å². The van der Waals surface area contributed by atoms with Gasteiger partial charge in [0.2, 0.25) is 0 Å². The summed E-state index contributed by atoms with van der Waals surface area (Å²) < 4.78 is 0. The second-order valence-corrected chi connectivity index (χ2v) is 5.62. The lowest BCUT2D eigenvalue weighted by atomic mass is 9.66. The molecule has 0 aliphatic heterocycles. The van der Waals surface area contributed by atoms with Gasteiger partial charge in [0.25, 0.3) is 0 Å². The molecule has 0 spiro atoms. The zero-order chi connectivity index (χ0) is 12.4. The summed E-state index contributed by atoms with van der Waals surface area (Å²) in [7, 11) is 0. The lowest BCUT2D eigenvalue weighted by molar-refractivity contribution is 0.184. The standard InChI is InChI=1S/C16H25N/c1-5-8-17-16-10-15(13(16)4)14-9-11(2)6-7-12(14)3/h6-7,9,13,15-17H,5,8,10H2,1-4H3. The third-order valence-corrected chi connectivity index (χ3v) is 4.27. The van der Waals surface area contributed by atoms with E-state index in [9.17, 15) is 0 Å². The van der Waals surface area contributed by atoms with Crippen molar-refractivity contribution in [3.63, 3.8) is 0 Å². The minimum atomic E-state index is 0.736. The van der Waals surface area contributed by atoms with Crippen LogP contribution in [0.4, 0.5) is 0 Å². The van der Waals surface area contributed by atoms with Crippen molar-refractivity contribution in [1.29, 1.82) is 0 Å². The quantitative estimate of drug-likeness (QED) is 0.831. The zero-order valence-corrected chi connectivity index (χ0v) is 11.6. The van der Waals surface area contributed by atoms with E-state index in [1.165, 1.54) is 24.0 Å². The van der Waals surface area contributed by atoms with Gasteiger partial charge in [0, 0.05) is 6.04 Å². The fourth-order valence-corrected chi connectivity index (χ4v) is 2.96. The molecule has 1 heteroatoms. The van der Waals surface area contributed by atoms with Gasteiger partial charge in [-0.15, -0.1) is 0 Å². The molecule has 0 amide bonds. The van der Waals surface area contributed by atoms with E-state index in [-0.39, 0.29) is 0 Å². The van der Waals surface area contributed by atoms with Crippen LogP contribution >= 0.6 is 0 Å². The highest BCUT2D eigenvalue weighted by atomic mass is 14.9. The van der Waals surface area contributed by atoms with Crippen molar-refractivity contribution in [2.24, 2.45) is 5.92 Å². The lowest BCUT2D eigenvalue weighted by Crippen LogP contribution is -2.48. The Morgan fingerprint density at radius 1 is 1.29 bits per heavy atom. The smallest absolute Gasteiger partial charge is 0.0104 e. The van der Waals surface area contributed by atoms with Crippen LogP contribution in [0.3, 0.4) is 0 Å². The molecule has 1 N–H and O–H groups in total. The Kier molecular flexibility index (Phi) is 3.88. The van der Waals surface area contributed by atoms with Crippen molar-refractivity contribution in [3.05, 3.63) is 34.9 Å². The van der Waals surface area contributed by atoms with Crippen LogP contribution < -0.4 is 5.32 Å². The van der Waals surface area contributed by atoms with E-state index in [4.69, 9.17) is 0 Å². The third-order valence-electron chi connectivity index (χ3n) is 4.27. The van der Waals surface area contributed by atoms with Gasteiger partial charge in [-0.1, -0.05) is 37.6 Å². The fourth-order valence-electron chi connectivity index (χ4n) is 2.96. The molecular formula is C16H25N. The number of rotatable bonds is 4. The molecular weight excluding hydrogens is 206 g/mol. The second kappa shape index (κ2) is 5.22. The Balaban J connectivity index is 2.03. The highest BCUT2D eigenvalue weighted by Crippen LogP contribution is 2.43. The molecule has 0 radical (unpaired) electrons. The summed E-state index contributed by atoms with van der Waals surface area (Å²) in [6, 6.07) is 7.60. The first-order chi connectivity index (χ1) is 8.13. The van der Waals surface area contributed by atoms with Crippen LogP contribution in [0.2, 0.25) is 0 Å².